The lowest BCUT2D eigenvalue weighted by molar-refractivity contribution is -0.275. The topological polar surface area (TPSA) is 50.7 Å². The molecule has 4 nitrogen and oxygen atoms in total. The number of carbonyl (C=O) groups is 1. The van der Waals surface area contributed by atoms with E-state index in [1.165, 1.54) is 18.2 Å². The molecule has 1 amide bonds. The largest absolute Gasteiger partial charge is 0.435 e. The first-order valence-electron chi connectivity index (χ1n) is 10.3. The van der Waals surface area contributed by atoms with Gasteiger partial charge in [-0.15, -0.1) is 0 Å². The number of aryl methyl sites for hydroxylation is 2. The van der Waals surface area contributed by atoms with Crippen LogP contribution in [0.4, 0.5) is 18.9 Å². The molecule has 1 fully saturated rings. The molecular formula is C24H22ClF3N2O2. The maximum Gasteiger partial charge on any atom is 0.435 e. The molecule has 1 saturated carbocycles. The van der Waals surface area contributed by atoms with Gasteiger partial charge in [0.05, 0.1) is 5.71 Å². The molecule has 2 aliphatic rings. The molecule has 0 bridgehead atoms. The van der Waals surface area contributed by atoms with Crippen molar-refractivity contribution in [2.75, 3.05) is 5.32 Å². The summed E-state index contributed by atoms with van der Waals surface area (Å²) in [4.78, 5) is 17.1. The molecule has 2 aromatic carbocycles. The zero-order chi connectivity index (χ0) is 23.1. The number of benzene rings is 2. The number of rotatable bonds is 5. The summed E-state index contributed by atoms with van der Waals surface area (Å²) in [6.07, 6.45) is -0.196. The highest BCUT2D eigenvalue weighted by Gasteiger charge is 2.62. The van der Waals surface area contributed by atoms with Gasteiger partial charge in [0.1, 0.15) is 0 Å². The predicted molar refractivity (Wildman–Crippen MR) is 119 cm³/mol. The van der Waals surface area contributed by atoms with Crippen molar-refractivity contribution >= 4 is 35.0 Å². The van der Waals surface area contributed by atoms with Gasteiger partial charge in [0, 0.05) is 28.6 Å². The van der Waals surface area contributed by atoms with Gasteiger partial charge in [-0.25, -0.2) is 0 Å². The first-order valence-corrected chi connectivity index (χ1v) is 10.6. The Bertz CT molecular complexity index is 1100. The van der Waals surface area contributed by atoms with E-state index in [1.54, 1.807) is 25.1 Å². The highest BCUT2D eigenvalue weighted by atomic mass is 35.5. The van der Waals surface area contributed by atoms with Crippen molar-refractivity contribution in [2.24, 2.45) is 11.1 Å². The Labute approximate surface area is 189 Å². The standard InChI is InChI=1S/C24H22ClF3N2O2/c1-14-9-18(12-19(25)10-14)23(24(26,27)28)13-20(30-32-23)8-5-16-4-3-15(2)21(11-16)29-22(31)17-6-7-17/h3-5,8-12,17H,6-7,13H2,1-2H3,(H,29,31)/b8-5+. The molecule has 1 unspecified atom stereocenters. The summed E-state index contributed by atoms with van der Waals surface area (Å²) in [5.41, 5.74) is 0.417. The summed E-state index contributed by atoms with van der Waals surface area (Å²) in [5.74, 6) is 0.0683. The molecule has 1 heterocycles. The number of halogens is 4. The molecule has 32 heavy (non-hydrogen) atoms. The van der Waals surface area contributed by atoms with Gasteiger partial charge >= 0.3 is 6.18 Å². The van der Waals surface area contributed by atoms with E-state index in [0.29, 0.717) is 11.3 Å². The third kappa shape index (κ3) is 4.53. The van der Waals surface area contributed by atoms with Crippen molar-refractivity contribution in [3.8, 4) is 0 Å². The summed E-state index contributed by atoms with van der Waals surface area (Å²) >= 11 is 6.00. The molecule has 2 aromatic rings. The molecular weight excluding hydrogens is 441 g/mol. The molecule has 1 aliphatic heterocycles. The lowest BCUT2D eigenvalue weighted by atomic mass is 9.87. The number of amides is 1. The number of allylic oxidation sites excluding steroid dienone is 1. The Kier molecular flexibility index (Phi) is 5.79. The number of alkyl halides is 3. The van der Waals surface area contributed by atoms with Crippen LogP contribution in [0.25, 0.3) is 6.08 Å². The van der Waals surface area contributed by atoms with Gasteiger partial charge in [0.25, 0.3) is 5.60 Å². The van der Waals surface area contributed by atoms with Gasteiger partial charge in [-0.05, 0) is 67.7 Å². The zero-order valence-corrected chi connectivity index (χ0v) is 18.3. The number of carbonyl (C=O) groups excluding carboxylic acids is 1. The fraction of sp³-hybridized carbons (Fsp3) is 0.333. The van der Waals surface area contributed by atoms with E-state index in [1.807, 2.05) is 19.1 Å². The molecule has 1 atom stereocenters. The third-order valence-corrected chi connectivity index (χ3v) is 5.87. The molecule has 0 saturated heterocycles. The van der Waals surface area contributed by atoms with Crippen LogP contribution in [-0.2, 0) is 15.2 Å². The summed E-state index contributed by atoms with van der Waals surface area (Å²) in [7, 11) is 0. The fourth-order valence-corrected chi connectivity index (χ4v) is 3.93. The van der Waals surface area contributed by atoms with Crippen molar-refractivity contribution in [2.45, 2.75) is 44.9 Å². The summed E-state index contributed by atoms with van der Waals surface area (Å²) < 4.78 is 42.3. The summed E-state index contributed by atoms with van der Waals surface area (Å²) in [5, 5.41) is 6.85. The lowest BCUT2D eigenvalue weighted by Gasteiger charge is -2.29. The first-order chi connectivity index (χ1) is 15.1. The van der Waals surface area contributed by atoms with E-state index in [9.17, 15) is 18.0 Å². The van der Waals surface area contributed by atoms with E-state index in [0.717, 1.165) is 24.0 Å². The molecule has 1 N–H and O–H groups in total. The molecule has 0 aromatic heterocycles. The SMILES string of the molecule is Cc1cc(Cl)cc(C2(C(F)(F)F)CC(/C=C/c3ccc(C)c(NC(=O)C4CC4)c3)=NO2)c1. The number of hydrogen-bond donors (Lipinski definition) is 1. The van der Waals surface area contributed by atoms with Gasteiger partial charge < -0.3 is 10.2 Å². The average Bonchev–Trinajstić information content (AvgIpc) is 3.46. The molecule has 0 spiro atoms. The number of anilines is 1. The monoisotopic (exact) mass is 462 g/mol. The van der Waals surface area contributed by atoms with Gasteiger partial charge in [-0.3, -0.25) is 4.79 Å². The fourth-order valence-electron chi connectivity index (χ4n) is 3.64. The maximum absolute atomic E-state index is 14.1. The van der Waals surface area contributed by atoms with Gasteiger partial charge in [-0.1, -0.05) is 41.0 Å². The maximum atomic E-state index is 14.1. The van der Waals surface area contributed by atoms with E-state index in [4.69, 9.17) is 16.4 Å². The summed E-state index contributed by atoms with van der Waals surface area (Å²) in [6.45, 7) is 3.56. The van der Waals surface area contributed by atoms with Crippen molar-refractivity contribution in [3.05, 3.63) is 69.8 Å². The van der Waals surface area contributed by atoms with Crippen LogP contribution in [0.3, 0.4) is 0 Å². The van der Waals surface area contributed by atoms with Crippen molar-refractivity contribution in [3.63, 3.8) is 0 Å². The number of nitrogens with zero attached hydrogens (tertiary/aromatic N) is 1. The second-order valence-electron chi connectivity index (χ2n) is 8.36. The molecule has 0 radical (unpaired) electrons. The Morgan fingerprint density at radius 2 is 1.94 bits per heavy atom. The Hall–Kier alpha value is -2.80. The number of oxime groups is 1. The molecule has 1 aliphatic carbocycles. The Balaban J connectivity index is 1.55. The second kappa shape index (κ2) is 8.28. The van der Waals surface area contributed by atoms with E-state index >= 15 is 0 Å². The van der Waals surface area contributed by atoms with Crippen molar-refractivity contribution < 1.29 is 22.8 Å². The summed E-state index contributed by atoms with van der Waals surface area (Å²) in [6, 6.07) is 9.73. The third-order valence-electron chi connectivity index (χ3n) is 5.65. The predicted octanol–water partition coefficient (Wildman–Crippen LogP) is 6.55. The number of nitrogens with one attached hydrogen (secondary N) is 1. The zero-order valence-electron chi connectivity index (χ0n) is 17.6. The second-order valence-corrected chi connectivity index (χ2v) is 8.80. The highest BCUT2D eigenvalue weighted by Crippen LogP contribution is 2.49. The van der Waals surface area contributed by atoms with E-state index in [2.05, 4.69) is 10.5 Å². The minimum absolute atomic E-state index is 0.00502. The number of hydrogen-bond acceptors (Lipinski definition) is 3. The molecule has 4 rings (SSSR count). The minimum atomic E-state index is -4.69. The van der Waals surface area contributed by atoms with E-state index in [-0.39, 0.29) is 28.1 Å². The van der Waals surface area contributed by atoms with Crippen LogP contribution in [0, 0.1) is 19.8 Å². The van der Waals surface area contributed by atoms with Crippen LogP contribution in [0.5, 0.6) is 0 Å². The Morgan fingerprint density at radius 3 is 2.59 bits per heavy atom. The normalized spacial score (nSPS) is 20.9. The highest BCUT2D eigenvalue weighted by molar-refractivity contribution is 6.30. The lowest BCUT2D eigenvalue weighted by Crippen LogP contribution is -2.42. The smallest absolute Gasteiger partial charge is 0.374 e. The minimum Gasteiger partial charge on any atom is -0.374 e. The quantitative estimate of drug-likeness (QED) is 0.547. The van der Waals surface area contributed by atoms with Crippen LogP contribution in [0.2, 0.25) is 5.02 Å². The average molecular weight is 463 g/mol. The Morgan fingerprint density at radius 1 is 1.19 bits per heavy atom. The van der Waals surface area contributed by atoms with Crippen molar-refractivity contribution in [1.29, 1.82) is 0 Å². The van der Waals surface area contributed by atoms with Crippen LogP contribution < -0.4 is 5.32 Å². The van der Waals surface area contributed by atoms with Gasteiger partial charge in [0.2, 0.25) is 5.91 Å². The van der Waals surface area contributed by atoms with Gasteiger partial charge in [0.15, 0.2) is 0 Å². The molecule has 8 heteroatoms. The van der Waals surface area contributed by atoms with Crippen LogP contribution in [-0.4, -0.2) is 17.8 Å². The van der Waals surface area contributed by atoms with Crippen molar-refractivity contribution in [1.82, 2.24) is 0 Å². The van der Waals surface area contributed by atoms with E-state index < -0.39 is 18.2 Å². The molecule has 168 valence electrons. The van der Waals surface area contributed by atoms with Crippen LogP contribution >= 0.6 is 11.6 Å². The van der Waals surface area contributed by atoms with Gasteiger partial charge in [-0.2, -0.15) is 13.2 Å². The van der Waals surface area contributed by atoms with Crippen LogP contribution in [0.15, 0.2) is 47.6 Å². The van der Waals surface area contributed by atoms with Crippen LogP contribution in [0.1, 0.15) is 41.5 Å². The first kappa shape index (κ1) is 22.4.